The first kappa shape index (κ1) is 31.0. The molecule has 3 aromatic heterocycles. The third kappa shape index (κ3) is 6.03. The summed E-state index contributed by atoms with van der Waals surface area (Å²) in [5.74, 6) is 2.42. The number of hydrogen-bond acceptors (Lipinski definition) is 6. The molecule has 9 rings (SSSR count). The molecule has 6 heteroatoms. The van der Waals surface area contributed by atoms with Crippen molar-refractivity contribution in [2.75, 3.05) is 0 Å². The molecule has 3 heterocycles. The molecule has 0 radical (unpaired) electrons. The molecule has 0 N–H and O–H groups in total. The van der Waals surface area contributed by atoms with Crippen molar-refractivity contribution < 1.29 is 4.42 Å². The summed E-state index contributed by atoms with van der Waals surface area (Å²) in [6, 6.07) is 55.2. The van der Waals surface area contributed by atoms with Gasteiger partial charge < -0.3 is 4.42 Å². The van der Waals surface area contributed by atoms with Crippen molar-refractivity contribution >= 4 is 11.0 Å². The number of benzene rings is 6. The minimum atomic E-state index is 0.563. The molecule has 0 aliphatic heterocycles. The molecule has 0 unspecified atom stereocenters. The minimum Gasteiger partial charge on any atom is -0.464 e. The first-order chi connectivity index (χ1) is 25.7. The Morgan fingerprint density at radius 1 is 0.346 bits per heavy atom. The van der Waals surface area contributed by atoms with Crippen molar-refractivity contribution in [1.29, 1.82) is 0 Å². The summed E-state index contributed by atoms with van der Waals surface area (Å²) in [4.78, 5) is 25.5. The van der Waals surface area contributed by atoms with Crippen molar-refractivity contribution in [3.8, 4) is 79.2 Å². The number of aromatic nitrogens is 5. The highest BCUT2D eigenvalue weighted by atomic mass is 16.3. The van der Waals surface area contributed by atoms with Gasteiger partial charge in [-0.2, -0.15) is 0 Å². The van der Waals surface area contributed by atoms with Gasteiger partial charge in [-0.3, -0.25) is 0 Å². The molecule has 6 aromatic carbocycles. The fourth-order valence-corrected chi connectivity index (χ4v) is 6.52. The van der Waals surface area contributed by atoms with Crippen molar-refractivity contribution in [1.82, 2.24) is 24.9 Å². The molecule has 6 nitrogen and oxygen atoms in total. The maximum absolute atomic E-state index is 5.83. The van der Waals surface area contributed by atoms with Gasteiger partial charge in [-0.1, -0.05) is 133 Å². The van der Waals surface area contributed by atoms with E-state index >= 15 is 0 Å². The van der Waals surface area contributed by atoms with E-state index in [1.165, 1.54) is 0 Å². The molecule has 246 valence electrons. The average Bonchev–Trinajstić information content (AvgIpc) is 3.70. The topological polar surface area (TPSA) is 77.6 Å². The first-order valence-corrected chi connectivity index (χ1v) is 17.2. The third-order valence-electron chi connectivity index (χ3n) is 9.18. The van der Waals surface area contributed by atoms with Crippen LogP contribution in [0.5, 0.6) is 0 Å². The molecular weight excluding hydrogens is 639 g/mol. The zero-order valence-electron chi connectivity index (χ0n) is 28.3. The van der Waals surface area contributed by atoms with Gasteiger partial charge in [0.25, 0.3) is 0 Å². The second-order valence-corrected chi connectivity index (χ2v) is 12.6. The van der Waals surface area contributed by atoms with E-state index in [0.29, 0.717) is 23.3 Å². The highest BCUT2D eigenvalue weighted by molar-refractivity contribution is 5.87. The Balaban J connectivity index is 1.31. The molecule has 9 aromatic rings. The fraction of sp³-hybridized carbons (Fsp3) is 0.0217. The van der Waals surface area contributed by atoms with Gasteiger partial charge in [0.15, 0.2) is 23.3 Å². The van der Waals surface area contributed by atoms with E-state index in [1.54, 1.807) is 6.26 Å². The molecule has 0 aliphatic carbocycles. The predicted octanol–water partition coefficient (Wildman–Crippen LogP) is 11.4. The molecular formula is C46H31N5O. The summed E-state index contributed by atoms with van der Waals surface area (Å²) in [6.07, 6.45) is 1.72. The van der Waals surface area contributed by atoms with E-state index in [0.717, 1.165) is 72.4 Å². The number of fused-ring (bicyclic) bond motifs is 1. The maximum atomic E-state index is 5.83. The van der Waals surface area contributed by atoms with E-state index in [1.807, 2.05) is 115 Å². The Kier molecular flexibility index (Phi) is 7.95. The van der Waals surface area contributed by atoms with Crippen molar-refractivity contribution in [3.05, 3.63) is 176 Å². The molecule has 0 saturated heterocycles. The van der Waals surface area contributed by atoms with Crippen LogP contribution >= 0.6 is 0 Å². The lowest BCUT2D eigenvalue weighted by Gasteiger charge is -2.16. The molecule has 0 aliphatic rings. The molecule has 0 amide bonds. The SMILES string of the molecule is Cc1c(-c2ccccc2)nc(-c2ccccc2)nc1-c1cc(-c2ccc3ccoc3c2)cc(-c2nc(-c3ccccc3)nc(-c3ccccc3)n2)c1. The Morgan fingerprint density at radius 2 is 0.788 bits per heavy atom. The van der Waals surface area contributed by atoms with Crippen LogP contribution in [-0.2, 0) is 0 Å². The summed E-state index contributed by atoms with van der Waals surface area (Å²) < 4.78 is 5.83. The lowest BCUT2D eigenvalue weighted by Crippen LogP contribution is -2.02. The van der Waals surface area contributed by atoms with Gasteiger partial charge in [-0.15, -0.1) is 0 Å². The summed E-state index contributed by atoms with van der Waals surface area (Å²) in [5.41, 5.74) is 11.0. The van der Waals surface area contributed by atoms with Crippen LogP contribution < -0.4 is 0 Å². The first-order valence-electron chi connectivity index (χ1n) is 17.2. The van der Waals surface area contributed by atoms with Crippen LogP contribution in [0.3, 0.4) is 0 Å². The highest BCUT2D eigenvalue weighted by Crippen LogP contribution is 2.37. The highest BCUT2D eigenvalue weighted by Gasteiger charge is 2.19. The van der Waals surface area contributed by atoms with Gasteiger partial charge in [0.05, 0.1) is 17.7 Å². The second-order valence-electron chi connectivity index (χ2n) is 12.6. The van der Waals surface area contributed by atoms with Crippen molar-refractivity contribution in [3.63, 3.8) is 0 Å². The normalized spacial score (nSPS) is 11.2. The van der Waals surface area contributed by atoms with Gasteiger partial charge in [-0.25, -0.2) is 24.9 Å². The quantitative estimate of drug-likeness (QED) is 0.168. The zero-order chi connectivity index (χ0) is 34.9. The van der Waals surface area contributed by atoms with Gasteiger partial charge in [-0.05, 0) is 48.4 Å². The van der Waals surface area contributed by atoms with E-state index < -0.39 is 0 Å². The lowest BCUT2D eigenvalue weighted by molar-refractivity contribution is 0.616. The van der Waals surface area contributed by atoms with Crippen LogP contribution in [0.1, 0.15) is 5.56 Å². The lowest BCUT2D eigenvalue weighted by atomic mass is 9.94. The number of hydrogen-bond donors (Lipinski definition) is 0. The van der Waals surface area contributed by atoms with Crippen molar-refractivity contribution in [2.45, 2.75) is 6.92 Å². The van der Waals surface area contributed by atoms with Crippen LogP contribution in [-0.4, -0.2) is 24.9 Å². The van der Waals surface area contributed by atoms with Crippen LogP contribution in [0.4, 0.5) is 0 Å². The average molecular weight is 670 g/mol. The van der Waals surface area contributed by atoms with Gasteiger partial charge in [0.1, 0.15) is 5.58 Å². The maximum Gasteiger partial charge on any atom is 0.164 e. The van der Waals surface area contributed by atoms with E-state index in [-0.39, 0.29) is 0 Å². The van der Waals surface area contributed by atoms with Crippen LogP contribution in [0, 0.1) is 6.92 Å². The smallest absolute Gasteiger partial charge is 0.164 e. The molecule has 0 fully saturated rings. The zero-order valence-corrected chi connectivity index (χ0v) is 28.3. The molecule has 0 spiro atoms. The summed E-state index contributed by atoms with van der Waals surface area (Å²) >= 11 is 0. The standard InChI is InChI=1S/C46H31N5O/c1-30-41(32-14-6-2-7-15-32)47-43(33-16-8-3-9-17-33)48-42(30)38-26-37(36-23-22-31-24-25-52-40(31)29-36)27-39(28-38)46-50-44(34-18-10-4-11-19-34)49-45(51-46)35-20-12-5-13-21-35/h2-29H,1H3. The third-order valence-corrected chi connectivity index (χ3v) is 9.18. The van der Waals surface area contributed by atoms with Gasteiger partial charge in [0, 0.05) is 44.3 Å². The molecule has 0 saturated carbocycles. The Hall–Kier alpha value is -7.05. The Bertz CT molecular complexity index is 2620. The van der Waals surface area contributed by atoms with Crippen LogP contribution in [0.25, 0.3) is 90.2 Å². The fourth-order valence-electron chi connectivity index (χ4n) is 6.52. The number of rotatable bonds is 7. The summed E-state index contributed by atoms with van der Waals surface area (Å²) in [5, 5.41) is 1.05. The van der Waals surface area contributed by atoms with Gasteiger partial charge in [0.2, 0.25) is 0 Å². The largest absolute Gasteiger partial charge is 0.464 e. The van der Waals surface area contributed by atoms with E-state index in [9.17, 15) is 0 Å². The molecule has 0 atom stereocenters. The minimum absolute atomic E-state index is 0.563. The molecule has 52 heavy (non-hydrogen) atoms. The molecule has 0 bridgehead atoms. The summed E-state index contributed by atoms with van der Waals surface area (Å²) in [7, 11) is 0. The number of furan rings is 1. The Labute approximate surface area is 301 Å². The van der Waals surface area contributed by atoms with E-state index in [4.69, 9.17) is 29.3 Å². The van der Waals surface area contributed by atoms with Crippen molar-refractivity contribution in [2.24, 2.45) is 0 Å². The second kappa shape index (κ2) is 13.3. The Morgan fingerprint density at radius 3 is 1.35 bits per heavy atom. The number of nitrogens with zero attached hydrogens (tertiary/aromatic N) is 5. The monoisotopic (exact) mass is 669 g/mol. The van der Waals surface area contributed by atoms with Crippen LogP contribution in [0.2, 0.25) is 0 Å². The predicted molar refractivity (Wildman–Crippen MR) is 208 cm³/mol. The summed E-state index contributed by atoms with van der Waals surface area (Å²) in [6.45, 7) is 2.09. The van der Waals surface area contributed by atoms with Crippen LogP contribution in [0.15, 0.2) is 174 Å². The van der Waals surface area contributed by atoms with E-state index in [2.05, 4.69) is 55.5 Å². The van der Waals surface area contributed by atoms with Gasteiger partial charge >= 0.3 is 0 Å².